The lowest BCUT2D eigenvalue weighted by molar-refractivity contribution is -0.137. The van der Waals surface area contributed by atoms with Gasteiger partial charge in [0.25, 0.3) is 0 Å². The molecule has 8 heteroatoms. The molecule has 2 aromatic rings. The molecule has 0 fully saturated rings. The first-order chi connectivity index (χ1) is 14.2. The molecule has 154 valence electrons. The summed E-state index contributed by atoms with van der Waals surface area (Å²) in [6.45, 7) is 1.91. The highest BCUT2D eigenvalue weighted by atomic mass is 32.1. The number of benzene rings is 1. The van der Waals surface area contributed by atoms with Crippen molar-refractivity contribution in [2.45, 2.75) is 38.3 Å². The molecule has 2 N–H and O–H groups in total. The minimum absolute atomic E-state index is 0.0723. The van der Waals surface area contributed by atoms with E-state index in [9.17, 15) is 23.2 Å². The van der Waals surface area contributed by atoms with Gasteiger partial charge in [-0.2, -0.15) is 18.4 Å². The number of hydrogen-bond donors (Lipinski definition) is 1. The monoisotopic (exact) mass is 429 g/mol. The van der Waals surface area contributed by atoms with Crippen LogP contribution in [0.4, 0.5) is 18.9 Å². The predicted molar refractivity (Wildman–Crippen MR) is 108 cm³/mol. The highest BCUT2D eigenvalue weighted by Gasteiger charge is 2.41. The van der Waals surface area contributed by atoms with Crippen LogP contribution in [0, 0.1) is 18.3 Å². The van der Waals surface area contributed by atoms with Gasteiger partial charge in [-0.05, 0) is 55.0 Å². The molecule has 0 amide bonds. The largest absolute Gasteiger partial charge is 0.416 e. The van der Waals surface area contributed by atoms with Gasteiger partial charge in [0, 0.05) is 28.3 Å². The maximum absolute atomic E-state index is 13.3. The fraction of sp³-hybridized carbons (Fsp3) is 0.273. The Balaban J connectivity index is 1.96. The summed E-state index contributed by atoms with van der Waals surface area (Å²) in [7, 11) is 0. The Labute approximate surface area is 175 Å². The van der Waals surface area contributed by atoms with Gasteiger partial charge >= 0.3 is 6.18 Å². The van der Waals surface area contributed by atoms with Crippen molar-refractivity contribution in [3.05, 3.63) is 74.4 Å². The lowest BCUT2D eigenvalue weighted by Crippen LogP contribution is -2.38. The van der Waals surface area contributed by atoms with E-state index in [0.29, 0.717) is 30.5 Å². The number of rotatable bonds is 2. The number of anilines is 1. The summed E-state index contributed by atoms with van der Waals surface area (Å²) in [5, 5.41) is 11.8. The van der Waals surface area contributed by atoms with Crippen LogP contribution < -0.4 is 10.6 Å². The first-order valence-corrected chi connectivity index (χ1v) is 10.3. The van der Waals surface area contributed by atoms with Crippen molar-refractivity contribution in [3.63, 3.8) is 0 Å². The molecule has 0 saturated heterocycles. The summed E-state index contributed by atoms with van der Waals surface area (Å²) in [5.41, 5.74) is 7.95. The fourth-order valence-corrected chi connectivity index (χ4v) is 5.19. The number of Topliss-reactive ketones (excluding diaryl/α,β-unsaturated/α-hetero) is 1. The van der Waals surface area contributed by atoms with E-state index in [-0.39, 0.29) is 22.9 Å². The van der Waals surface area contributed by atoms with Crippen LogP contribution in [0.3, 0.4) is 0 Å². The number of thiophene rings is 1. The summed E-state index contributed by atoms with van der Waals surface area (Å²) in [5.74, 6) is -0.603. The summed E-state index contributed by atoms with van der Waals surface area (Å²) in [6, 6.07) is 8.84. The van der Waals surface area contributed by atoms with Gasteiger partial charge in [-0.15, -0.1) is 11.3 Å². The number of carbonyl (C=O) groups excluding carboxylic acids is 1. The minimum Gasteiger partial charge on any atom is -0.384 e. The zero-order valence-corrected chi connectivity index (χ0v) is 16.9. The van der Waals surface area contributed by atoms with Crippen molar-refractivity contribution >= 4 is 22.8 Å². The maximum atomic E-state index is 13.3. The molecule has 0 saturated carbocycles. The Bertz CT molecular complexity index is 1140. The van der Waals surface area contributed by atoms with Crippen LogP contribution in [0.2, 0.25) is 0 Å². The van der Waals surface area contributed by atoms with Gasteiger partial charge in [-0.1, -0.05) is 6.07 Å². The first kappa shape index (κ1) is 20.2. The lowest BCUT2D eigenvalue weighted by Gasteiger charge is -2.39. The van der Waals surface area contributed by atoms with Crippen LogP contribution >= 0.6 is 11.3 Å². The molecule has 2 heterocycles. The zero-order valence-electron chi connectivity index (χ0n) is 16.1. The molecule has 0 bridgehead atoms. The smallest absolute Gasteiger partial charge is 0.384 e. The van der Waals surface area contributed by atoms with Gasteiger partial charge in [0.2, 0.25) is 0 Å². The van der Waals surface area contributed by atoms with E-state index in [1.54, 1.807) is 0 Å². The number of allylic oxidation sites excluding steroid dienone is 3. The lowest BCUT2D eigenvalue weighted by atomic mass is 9.77. The molecule has 4 rings (SSSR count). The third-order valence-electron chi connectivity index (χ3n) is 5.51. The van der Waals surface area contributed by atoms with Gasteiger partial charge in [-0.3, -0.25) is 9.69 Å². The van der Waals surface area contributed by atoms with Crippen LogP contribution in [0.1, 0.15) is 41.2 Å². The Morgan fingerprint density at radius 1 is 1.27 bits per heavy atom. The molecule has 0 radical (unpaired) electrons. The van der Waals surface area contributed by atoms with E-state index >= 15 is 0 Å². The number of nitriles is 1. The zero-order chi connectivity index (χ0) is 21.6. The molecule has 4 nitrogen and oxygen atoms in total. The summed E-state index contributed by atoms with van der Waals surface area (Å²) in [4.78, 5) is 15.3. The highest BCUT2D eigenvalue weighted by Crippen LogP contribution is 2.48. The standard InChI is InChI=1S/C22H18F3N3OS/c1-12-8-9-30-20(12)18-15(11-26)21(27)28(16-6-3-7-17(29)19(16)18)14-5-2-4-13(10-14)22(23,24)25/h2,4-5,8-10,18H,3,6-7,27H2,1H3/t18-/m0/s1. The number of nitrogens with zero attached hydrogens (tertiary/aromatic N) is 2. The number of carbonyl (C=O) groups is 1. The molecule has 2 aliphatic rings. The van der Waals surface area contributed by atoms with Crippen LogP contribution in [0.15, 0.2) is 58.4 Å². The average molecular weight is 429 g/mol. The Morgan fingerprint density at radius 2 is 2.03 bits per heavy atom. The SMILES string of the molecule is Cc1ccsc1[C@H]1C(C#N)=C(N)N(c2cccc(C(F)(F)F)c2)C2=C1C(=O)CCC2. The van der Waals surface area contributed by atoms with Gasteiger partial charge < -0.3 is 5.73 Å². The van der Waals surface area contributed by atoms with E-state index in [2.05, 4.69) is 6.07 Å². The number of halogens is 3. The van der Waals surface area contributed by atoms with Gasteiger partial charge in [0.15, 0.2) is 5.78 Å². The molecule has 1 aromatic heterocycles. The Hall–Kier alpha value is -3.05. The molecule has 1 aliphatic carbocycles. The quantitative estimate of drug-likeness (QED) is 0.696. The molecular formula is C22H18F3N3OS. The van der Waals surface area contributed by atoms with Crippen molar-refractivity contribution in [3.8, 4) is 6.07 Å². The van der Waals surface area contributed by atoms with Crippen molar-refractivity contribution in [1.82, 2.24) is 0 Å². The summed E-state index contributed by atoms with van der Waals surface area (Å²) in [6.07, 6.45) is -3.09. The third kappa shape index (κ3) is 3.19. The molecule has 30 heavy (non-hydrogen) atoms. The molecule has 0 unspecified atom stereocenters. The highest BCUT2D eigenvalue weighted by molar-refractivity contribution is 7.10. The number of hydrogen-bond acceptors (Lipinski definition) is 5. The molecule has 0 spiro atoms. The second kappa shape index (κ2) is 7.33. The average Bonchev–Trinajstić information content (AvgIpc) is 3.12. The second-order valence-electron chi connectivity index (χ2n) is 7.33. The fourth-order valence-electron chi connectivity index (χ4n) is 4.15. The van der Waals surface area contributed by atoms with Crippen LogP contribution in [0.5, 0.6) is 0 Å². The van der Waals surface area contributed by atoms with Crippen molar-refractivity contribution in [2.75, 3.05) is 4.90 Å². The van der Waals surface area contributed by atoms with E-state index in [1.165, 1.54) is 28.4 Å². The molecule has 1 aliphatic heterocycles. The van der Waals surface area contributed by atoms with E-state index < -0.39 is 17.7 Å². The first-order valence-electron chi connectivity index (χ1n) is 9.41. The number of alkyl halides is 3. The maximum Gasteiger partial charge on any atom is 0.416 e. The molecule has 1 atom stereocenters. The predicted octanol–water partition coefficient (Wildman–Crippen LogP) is 5.38. The summed E-state index contributed by atoms with van der Waals surface area (Å²) < 4.78 is 39.9. The topological polar surface area (TPSA) is 70.1 Å². The number of aryl methyl sites for hydroxylation is 1. The normalized spacial score (nSPS) is 19.8. The number of ketones is 1. The van der Waals surface area contributed by atoms with Crippen LogP contribution in [-0.4, -0.2) is 5.78 Å². The number of nitrogens with two attached hydrogens (primary N) is 1. The van der Waals surface area contributed by atoms with E-state index in [0.717, 1.165) is 22.6 Å². The van der Waals surface area contributed by atoms with E-state index in [1.807, 2.05) is 18.4 Å². The van der Waals surface area contributed by atoms with Crippen molar-refractivity contribution < 1.29 is 18.0 Å². The van der Waals surface area contributed by atoms with Crippen LogP contribution in [0.25, 0.3) is 0 Å². The van der Waals surface area contributed by atoms with E-state index in [4.69, 9.17) is 5.73 Å². The minimum atomic E-state index is -4.52. The van der Waals surface area contributed by atoms with Gasteiger partial charge in [0.05, 0.1) is 23.1 Å². The Kier molecular flexibility index (Phi) is 4.94. The van der Waals surface area contributed by atoms with Crippen LogP contribution in [-0.2, 0) is 11.0 Å². The summed E-state index contributed by atoms with van der Waals surface area (Å²) >= 11 is 1.44. The van der Waals surface area contributed by atoms with Gasteiger partial charge in [-0.25, -0.2) is 0 Å². The molecule has 1 aromatic carbocycles. The third-order valence-corrected chi connectivity index (χ3v) is 6.59. The molecular weight excluding hydrogens is 411 g/mol. The second-order valence-corrected chi connectivity index (χ2v) is 8.28. The Morgan fingerprint density at radius 3 is 2.67 bits per heavy atom. The van der Waals surface area contributed by atoms with Crippen molar-refractivity contribution in [1.29, 1.82) is 5.26 Å². The van der Waals surface area contributed by atoms with Crippen molar-refractivity contribution in [2.24, 2.45) is 5.73 Å². The van der Waals surface area contributed by atoms with Gasteiger partial charge in [0.1, 0.15) is 5.82 Å².